The Bertz CT molecular complexity index is 1130. The average Bonchev–Trinajstić information content (AvgIpc) is 3.16. The Morgan fingerprint density at radius 3 is 2.69 bits per heavy atom. The molecule has 7 nitrogen and oxygen atoms in total. The Balaban J connectivity index is 1.54. The number of hydrogen-bond donors (Lipinski definition) is 2. The van der Waals surface area contributed by atoms with Crippen molar-refractivity contribution in [2.45, 2.75) is 25.0 Å². The van der Waals surface area contributed by atoms with E-state index in [-0.39, 0.29) is 23.8 Å². The van der Waals surface area contributed by atoms with E-state index in [4.69, 9.17) is 23.2 Å². The Morgan fingerprint density at radius 2 is 1.94 bits per heavy atom. The molecule has 0 saturated heterocycles. The minimum absolute atomic E-state index is 0.00785. The van der Waals surface area contributed by atoms with E-state index in [9.17, 15) is 14.0 Å². The number of benzene rings is 2. The van der Waals surface area contributed by atoms with E-state index in [0.29, 0.717) is 39.7 Å². The second-order valence-electron chi connectivity index (χ2n) is 6.59. The maximum absolute atomic E-state index is 13.7. The zero-order valence-corrected chi connectivity index (χ0v) is 19.4. The smallest absolute Gasteiger partial charge is 0.254 e. The fraction of sp³-hybridized carbons (Fsp3) is 0.238. The zero-order chi connectivity index (χ0) is 23.1. The fourth-order valence-corrected chi connectivity index (χ4v) is 4.02. The van der Waals surface area contributed by atoms with E-state index < -0.39 is 11.7 Å². The molecule has 3 aromatic rings. The molecule has 0 spiro atoms. The van der Waals surface area contributed by atoms with Crippen molar-refractivity contribution in [1.29, 1.82) is 0 Å². The Kier molecular flexibility index (Phi) is 8.49. The summed E-state index contributed by atoms with van der Waals surface area (Å²) in [5, 5.41) is 15.1. The summed E-state index contributed by atoms with van der Waals surface area (Å²) in [7, 11) is 0. The van der Waals surface area contributed by atoms with Crippen LogP contribution in [0.3, 0.4) is 0 Å². The van der Waals surface area contributed by atoms with Crippen LogP contribution in [0.15, 0.2) is 47.6 Å². The molecule has 3 rings (SSSR count). The third kappa shape index (κ3) is 6.21. The van der Waals surface area contributed by atoms with Gasteiger partial charge in [0.15, 0.2) is 5.16 Å². The van der Waals surface area contributed by atoms with Gasteiger partial charge in [0.05, 0.1) is 22.0 Å². The minimum atomic E-state index is -0.572. The predicted molar refractivity (Wildman–Crippen MR) is 124 cm³/mol. The maximum atomic E-state index is 13.7. The van der Waals surface area contributed by atoms with Crippen LogP contribution < -0.4 is 10.6 Å². The lowest BCUT2D eigenvalue weighted by Gasteiger charge is -2.09. The van der Waals surface area contributed by atoms with Gasteiger partial charge in [0.2, 0.25) is 5.91 Å². The zero-order valence-electron chi connectivity index (χ0n) is 17.1. The molecule has 168 valence electrons. The van der Waals surface area contributed by atoms with Crippen LogP contribution in [0.4, 0.5) is 10.1 Å². The Hall–Kier alpha value is -2.62. The first-order valence-electron chi connectivity index (χ1n) is 9.71. The van der Waals surface area contributed by atoms with Crippen molar-refractivity contribution in [1.82, 2.24) is 20.1 Å². The summed E-state index contributed by atoms with van der Waals surface area (Å²) in [6.45, 7) is 2.79. The summed E-state index contributed by atoms with van der Waals surface area (Å²) < 4.78 is 15.6. The number of rotatable bonds is 9. The highest BCUT2D eigenvalue weighted by Gasteiger charge is 2.15. The monoisotopic (exact) mass is 495 g/mol. The van der Waals surface area contributed by atoms with E-state index in [1.165, 1.54) is 30.0 Å². The van der Waals surface area contributed by atoms with Crippen molar-refractivity contribution < 1.29 is 14.0 Å². The van der Waals surface area contributed by atoms with E-state index in [1.54, 1.807) is 24.3 Å². The molecule has 11 heteroatoms. The molecule has 0 radical (unpaired) electrons. The average molecular weight is 496 g/mol. The van der Waals surface area contributed by atoms with Crippen LogP contribution in [0.1, 0.15) is 23.1 Å². The standard InChI is InChI=1S/C21H20Cl2FN5O2S/c1-2-29-18(9-10-25-20(31)14-5-3-4-6-16(14)24)27-28-21(29)32-12-19(30)26-17-11-13(22)7-8-15(17)23/h3-8,11H,2,9-10,12H2,1H3,(H,25,31)(H,26,30). The van der Waals surface area contributed by atoms with Gasteiger partial charge in [-0.2, -0.15) is 0 Å². The summed E-state index contributed by atoms with van der Waals surface area (Å²) in [5.41, 5.74) is 0.430. The summed E-state index contributed by atoms with van der Waals surface area (Å²) in [6, 6.07) is 10.6. The molecule has 0 unspecified atom stereocenters. The SMILES string of the molecule is CCn1c(CCNC(=O)c2ccccc2F)nnc1SCC(=O)Nc1cc(Cl)ccc1Cl. The molecule has 0 aliphatic heterocycles. The number of nitrogens with one attached hydrogen (secondary N) is 2. The van der Waals surface area contributed by atoms with Gasteiger partial charge < -0.3 is 15.2 Å². The molecule has 0 bridgehead atoms. The van der Waals surface area contributed by atoms with Crippen molar-refractivity contribution in [2.75, 3.05) is 17.6 Å². The first kappa shape index (κ1) is 24.0. The molecule has 1 heterocycles. The second-order valence-corrected chi connectivity index (χ2v) is 8.38. The molecule has 0 aliphatic rings. The van der Waals surface area contributed by atoms with E-state index in [2.05, 4.69) is 20.8 Å². The Labute approximate surface area is 198 Å². The van der Waals surface area contributed by atoms with Gasteiger partial charge in [0.25, 0.3) is 5.91 Å². The maximum Gasteiger partial charge on any atom is 0.254 e. The van der Waals surface area contributed by atoms with E-state index >= 15 is 0 Å². The van der Waals surface area contributed by atoms with Gasteiger partial charge in [-0.15, -0.1) is 10.2 Å². The van der Waals surface area contributed by atoms with Crippen molar-refractivity contribution in [3.63, 3.8) is 0 Å². The van der Waals surface area contributed by atoms with Gasteiger partial charge >= 0.3 is 0 Å². The third-order valence-electron chi connectivity index (χ3n) is 4.40. The number of aromatic nitrogens is 3. The molecule has 0 aliphatic carbocycles. The van der Waals surface area contributed by atoms with Crippen molar-refractivity contribution in [3.05, 3.63) is 69.7 Å². The van der Waals surface area contributed by atoms with Gasteiger partial charge in [-0.3, -0.25) is 9.59 Å². The largest absolute Gasteiger partial charge is 0.351 e. The van der Waals surface area contributed by atoms with E-state index in [1.807, 2.05) is 11.5 Å². The van der Waals surface area contributed by atoms with Crippen molar-refractivity contribution in [2.24, 2.45) is 0 Å². The first-order chi connectivity index (χ1) is 15.4. The minimum Gasteiger partial charge on any atom is -0.351 e. The van der Waals surface area contributed by atoms with Gasteiger partial charge in [-0.1, -0.05) is 47.1 Å². The highest BCUT2D eigenvalue weighted by Crippen LogP contribution is 2.26. The number of carbonyl (C=O) groups excluding carboxylic acids is 2. The highest BCUT2D eigenvalue weighted by molar-refractivity contribution is 7.99. The Morgan fingerprint density at radius 1 is 1.16 bits per heavy atom. The summed E-state index contributed by atoms with van der Waals surface area (Å²) in [4.78, 5) is 24.4. The van der Waals surface area contributed by atoms with Crippen LogP contribution in [-0.4, -0.2) is 38.9 Å². The lowest BCUT2D eigenvalue weighted by molar-refractivity contribution is -0.113. The molecule has 2 N–H and O–H groups in total. The van der Waals surface area contributed by atoms with Crippen LogP contribution in [0.5, 0.6) is 0 Å². The number of thioether (sulfide) groups is 1. The predicted octanol–water partition coefficient (Wildman–Crippen LogP) is 4.45. The number of nitrogens with zero attached hydrogens (tertiary/aromatic N) is 3. The molecule has 1 aromatic heterocycles. The molecule has 2 aromatic carbocycles. The van der Waals surface area contributed by atoms with Crippen LogP contribution in [0.25, 0.3) is 0 Å². The highest BCUT2D eigenvalue weighted by atomic mass is 35.5. The van der Waals surface area contributed by atoms with Crippen LogP contribution >= 0.6 is 35.0 Å². The number of hydrogen-bond acceptors (Lipinski definition) is 5. The van der Waals surface area contributed by atoms with Crippen LogP contribution in [-0.2, 0) is 17.8 Å². The molecular weight excluding hydrogens is 476 g/mol. The molecule has 32 heavy (non-hydrogen) atoms. The lowest BCUT2D eigenvalue weighted by atomic mass is 10.2. The first-order valence-corrected chi connectivity index (χ1v) is 11.5. The van der Waals surface area contributed by atoms with Gasteiger partial charge in [-0.05, 0) is 37.3 Å². The number of anilines is 1. The third-order valence-corrected chi connectivity index (χ3v) is 5.93. The normalized spacial score (nSPS) is 10.8. The summed E-state index contributed by atoms with van der Waals surface area (Å²) in [5.74, 6) is -0.564. The van der Waals surface area contributed by atoms with Crippen LogP contribution in [0, 0.1) is 5.82 Å². The number of halogens is 3. The summed E-state index contributed by atoms with van der Waals surface area (Å²) >= 11 is 13.2. The molecule has 0 fully saturated rings. The molecule has 0 atom stereocenters. The van der Waals surface area contributed by atoms with E-state index in [0.717, 1.165) is 0 Å². The number of amides is 2. The summed E-state index contributed by atoms with van der Waals surface area (Å²) in [6.07, 6.45) is 0.409. The molecule has 0 saturated carbocycles. The number of carbonyl (C=O) groups is 2. The van der Waals surface area contributed by atoms with Crippen LogP contribution in [0.2, 0.25) is 10.0 Å². The quantitative estimate of drug-likeness (QED) is 0.428. The van der Waals surface area contributed by atoms with Crippen molar-refractivity contribution in [3.8, 4) is 0 Å². The van der Waals surface area contributed by atoms with Gasteiger partial charge in [0, 0.05) is 24.5 Å². The second kappa shape index (κ2) is 11.3. The topological polar surface area (TPSA) is 88.9 Å². The van der Waals surface area contributed by atoms with Gasteiger partial charge in [0.1, 0.15) is 11.6 Å². The molecular formula is C21H20Cl2FN5O2S. The van der Waals surface area contributed by atoms with Gasteiger partial charge in [-0.25, -0.2) is 4.39 Å². The van der Waals surface area contributed by atoms with Crippen molar-refractivity contribution >= 4 is 52.5 Å². The fourth-order valence-electron chi connectivity index (χ4n) is 2.87. The molecule has 2 amide bonds. The lowest BCUT2D eigenvalue weighted by Crippen LogP contribution is -2.27.